The number of carbonyl (C=O) groups is 1. The van der Waals surface area contributed by atoms with Gasteiger partial charge in [-0.05, 0) is 73.9 Å². The number of aromatic nitrogens is 1. The number of fused-ring (bicyclic) bond motifs is 1. The average molecular weight is 496 g/mol. The van der Waals surface area contributed by atoms with Crippen LogP contribution in [0.5, 0.6) is 11.6 Å². The molecule has 186 valence electrons. The fourth-order valence-corrected chi connectivity index (χ4v) is 4.19. The van der Waals surface area contributed by atoms with Gasteiger partial charge in [0.2, 0.25) is 11.8 Å². The van der Waals surface area contributed by atoms with Gasteiger partial charge in [0.1, 0.15) is 5.75 Å². The zero-order valence-electron chi connectivity index (χ0n) is 19.8. The van der Waals surface area contributed by atoms with Gasteiger partial charge in [0.25, 0.3) is 0 Å². The third-order valence-corrected chi connectivity index (χ3v) is 5.75. The van der Waals surface area contributed by atoms with Crippen LogP contribution in [-0.2, 0) is 17.4 Å². The number of aromatic hydroxyl groups is 2. The Morgan fingerprint density at radius 3 is 2.22 bits per heavy atom. The normalized spacial score (nSPS) is 12.2. The van der Waals surface area contributed by atoms with Crippen LogP contribution in [0.3, 0.4) is 0 Å². The third-order valence-electron chi connectivity index (χ3n) is 5.75. The SMILES string of the molecule is CC(=NNC(=O)Cc1ccc(O)cc1)c1c(O)n(-c2cc(C)cc(C)c2)c2cc(C(F)(F)F)ccc12. The van der Waals surface area contributed by atoms with E-state index in [2.05, 4.69) is 10.5 Å². The predicted molar refractivity (Wildman–Crippen MR) is 132 cm³/mol. The lowest BCUT2D eigenvalue weighted by Crippen LogP contribution is -2.21. The fourth-order valence-electron chi connectivity index (χ4n) is 4.19. The molecule has 0 fully saturated rings. The van der Waals surface area contributed by atoms with Crippen molar-refractivity contribution < 1.29 is 28.2 Å². The van der Waals surface area contributed by atoms with Crippen molar-refractivity contribution in [2.45, 2.75) is 33.4 Å². The molecule has 0 unspecified atom stereocenters. The molecule has 1 aromatic heterocycles. The van der Waals surface area contributed by atoms with E-state index in [4.69, 9.17) is 0 Å². The quantitative estimate of drug-likeness (QED) is 0.243. The summed E-state index contributed by atoms with van der Waals surface area (Å²) in [5, 5.41) is 25.0. The maximum Gasteiger partial charge on any atom is 0.416 e. The highest BCUT2D eigenvalue weighted by Crippen LogP contribution is 2.39. The highest BCUT2D eigenvalue weighted by molar-refractivity contribution is 6.13. The van der Waals surface area contributed by atoms with Crippen molar-refractivity contribution in [3.05, 3.63) is 88.5 Å². The zero-order chi connectivity index (χ0) is 26.2. The lowest BCUT2D eigenvalue weighted by Gasteiger charge is -2.11. The Morgan fingerprint density at radius 1 is 0.972 bits per heavy atom. The minimum absolute atomic E-state index is 0.00230. The first-order valence-electron chi connectivity index (χ1n) is 11.1. The van der Waals surface area contributed by atoms with Crippen LogP contribution in [-0.4, -0.2) is 26.4 Å². The largest absolute Gasteiger partial charge is 0.508 e. The molecule has 0 atom stereocenters. The van der Waals surface area contributed by atoms with E-state index in [1.807, 2.05) is 19.9 Å². The number of carbonyl (C=O) groups excluding carboxylic acids is 1. The van der Waals surface area contributed by atoms with Crippen molar-refractivity contribution in [1.82, 2.24) is 9.99 Å². The van der Waals surface area contributed by atoms with Gasteiger partial charge < -0.3 is 10.2 Å². The van der Waals surface area contributed by atoms with Crippen molar-refractivity contribution in [3.8, 4) is 17.3 Å². The van der Waals surface area contributed by atoms with Crippen molar-refractivity contribution in [2.75, 3.05) is 0 Å². The van der Waals surface area contributed by atoms with E-state index in [0.29, 0.717) is 16.6 Å². The molecule has 3 N–H and O–H groups in total. The van der Waals surface area contributed by atoms with Gasteiger partial charge in [-0.25, -0.2) is 5.43 Å². The van der Waals surface area contributed by atoms with Gasteiger partial charge >= 0.3 is 6.18 Å². The standard InChI is InChI=1S/C27H24F3N3O3/c1-15-10-16(2)12-20(11-15)33-23-14-19(27(28,29)30)6-9-22(23)25(26(33)36)17(3)31-32-24(35)13-18-4-7-21(34)8-5-18/h4-12,14,34,36H,13H2,1-3H3,(H,32,35). The predicted octanol–water partition coefficient (Wildman–Crippen LogP) is 5.76. The molecule has 36 heavy (non-hydrogen) atoms. The van der Waals surface area contributed by atoms with E-state index in [-0.39, 0.29) is 34.8 Å². The summed E-state index contributed by atoms with van der Waals surface area (Å²) >= 11 is 0. The number of hydrogen-bond donors (Lipinski definition) is 3. The Morgan fingerprint density at radius 2 is 1.61 bits per heavy atom. The molecule has 0 spiro atoms. The van der Waals surface area contributed by atoms with Gasteiger partial charge in [0.05, 0.1) is 28.8 Å². The number of hydrazone groups is 1. The van der Waals surface area contributed by atoms with Crippen LogP contribution in [0.25, 0.3) is 16.6 Å². The Kier molecular flexibility index (Phi) is 6.49. The number of hydrogen-bond acceptors (Lipinski definition) is 4. The smallest absolute Gasteiger partial charge is 0.416 e. The number of nitrogens with one attached hydrogen (secondary N) is 1. The van der Waals surface area contributed by atoms with Crippen LogP contribution < -0.4 is 5.43 Å². The Hall–Kier alpha value is -4.27. The van der Waals surface area contributed by atoms with Crippen LogP contribution in [0.15, 0.2) is 65.8 Å². The average Bonchev–Trinajstić information content (AvgIpc) is 3.09. The number of benzene rings is 3. The van der Waals surface area contributed by atoms with Gasteiger partial charge in [-0.2, -0.15) is 18.3 Å². The van der Waals surface area contributed by atoms with Crippen LogP contribution in [0.2, 0.25) is 0 Å². The molecular weight excluding hydrogens is 471 g/mol. The summed E-state index contributed by atoms with van der Waals surface area (Å²) in [6.07, 6.45) is -4.56. The Balaban J connectivity index is 1.78. The van der Waals surface area contributed by atoms with Crippen LogP contribution in [0.1, 0.15) is 34.7 Å². The van der Waals surface area contributed by atoms with Gasteiger partial charge in [-0.3, -0.25) is 9.36 Å². The molecule has 0 radical (unpaired) electrons. The lowest BCUT2D eigenvalue weighted by molar-refractivity contribution is -0.137. The third kappa shape index (κ3) is 5.05. The highest BCUT2D eigenvalue weighted by Gasteiger charge is 2.32. The summed E-state index contributed by atoms with van der Waals surface area (Å²) in [6, 6.07) is 14.8. The van der Waals surface area contributed by atoms with E-state index in [0.717, 1.165) is 23.3 Å². The van der Waals surface area contributed by atoms with Crippen molar-refractivity contribution in [3.63, 3.8) is 0 Å². The van der Waals surface area contributed by atoms with Crippen LogP contribution >= 0.6 is 0 Å². The number of halogens is 3. The minimum atomic E-state index is -4.56. The molecule has 3 aromatic carbocycles. The van der Waals surface area contributed by atoms with E-state index < -0.39 is 17.6 Å². The monoisotopic (exact) mass is 495 g/mol. The first-order valence-corrected chi connectivity index (χ1v) is 11.1. The zero-order valence-corrected chi connectivity index (χ0v) is 19.8. The fraction of sp³-hybridized carbons (Fsp3) is 0.185. The van der Waals surface area contributed by atoms with Gasteiger partial charge in [-0.15, -0.1) is 0 Å². The first kappa shape index (κ1) is 24.8. The van der Waals surface area contributed by atoms with Crippen molar-refractivity contribution >= 4 is 22.5 Å². The summed E-state index contributed by atoms with van der Waals surface area (Å²) in [5.74, 6) is -0.641. The second-order valence-corrected chi connectivity index (χ2v) is 8.69. The van der Waals surface area contributed by atoms with Gasteiger partial charge in [-0.1, -0.05) is 24.3 Å². The molecule has 0 aliphatic rings. The highest BCUT2D eigenvalue weighted by atomic mass is 19.4. The molecule has 0 saturated heterocycles. The number of aryl methyl sites for hydroxylation is 2. The van der Waals surface area contributed by atoms with Crippen molar-refractivity contribution in [2.24, 2.45) is 5.10 Å². The summed E-state index contributed by atoms with van der Waals surface area (Å²) in [6.45, 7) is 5.27. The molecule has 0 aliphatic heterocycles. The Labute approximate surface area is 205 Å². The lowest BCUT2D eigenvalue weighted by atomic mass is 10.1. The number of rotatable bonds is 5. The van der Waals surface area contributed by atoms with Gasteiger partial charge in [0.15, 0.2) is 0 Å². The number of amides is 1. The molecule has 1 heterocycles. The van der Waals surface area contributed by atoms with E-state index in [1.54, 1.807) is 31.2 Å². The molecule has 4 aromatic rings. The number of nitrogens with zero attached hydrogens (tertiary/aromatic N) is 2. The van der Waals surface area contributed by atoms with Crippen molar-refractivity contribution in [1.29, 1.82) is 0 Å². The van der Waals surface area contributed by atoms with Gasteiger partial charge in [0, 0.05) is 11.1 Å². The second-order valence-electron chi connectivity index (χ2n) is 8.69. The minimum Gasteiger partial charge on any atom is -0.508 e. The number of phenolic OH excluding ortho intramolecular Hbond substituents is 1. The maximum atomic E-state index is 13.5. The number of alkyl halides is 3. The van der Waals surface area contributed by atoms with Crippen LogP contribution in [0, 0.1) is 13.8 Å². The molecule has 0 bridgehead atoms. The molecule has 4 rings (SSSR count). The summed E-state index contributed by atoms with van der Waals surface area (Å²) < 4.78 is 41.9. The maximum absolute atomic E-state index is 13.5. The van der Waals surface area contributed by atoms with E-state index >= 15 is 0 Å². The summed E-state index contributed by atoms with van der Waals surface area (Å²) in [4.78, 5) is 12.4. The first-order chi connectivity index (χ1) is 16.9. The van der Waals surface area contributed by atoms with E-state index in [1.165, 1.54) is 22.8 Å². The molecule has 9 heteroatoms. The topological polar surface area (TPSA) is 86.8 Å². The number of phenols is 1. The van der Waals surface area contributed by atoms with E-state index in [9.17, 15) is 28.2 Å². The summed E-state index contributed by atoms with van der Waals surface area (Å²) in [5.41, 5.74) is 5.10. The summed E-state index contributed by atoms with van der Waals surface area (Å²) in [7, 11) is 0. The second kappa shape index (κ2) is 9.41. The molecule has 1 amide bonds. The molecule has 0 saturated carbocycles. The molecule has 6 nitrogen and oxygen atoms in total. The Bertz CT molecular complexity index is 1470. The molecular formula is C27H24F3N3O3. The van der Waals surface area contributed by atoms with Crippen LogP contribution in [0.4, 0.5) is 13.2 Å². The molecule has 0 aliphatic carbocycles.